The van der Waals surface area contributed by atoms with E-state index in [-0.39, 0.29) is 5.82 Å². The fourth-order valence-electron chi connectivity index (χ4n) is 3.02. The summed E-state index contributed by atoms with van der Waals surface area (Å²) >= 11 is 0. The summed E-state index contributed by atoms with van der Waals surface area (Å²) in [6, 6.07) is 10.7. The Morgan fingerprint density at radius 2 is 2.05 bits per heavy atom. The van der Waals surface area contributed by atoms with Crippen LogP contribution in [0.3, 0.4) is 0 Å². The molecule has 2 heterocycles. The van der Waals surface area contributed by atoms with Gasteiger partial charge in [0.25, 0.3) is 0 Å². The smallest absolute Gasteiger partial charge is 0.141 e. The fourth-order valence-corrected chi connectivity index (χ4v) is 3.02. The average Bonchev–Trinajstić information content (AvgIpc) is 2.56. The topological polar surface area (TPSA) is 28.2 Å². The van der Waals surface area contributed by atoms with Crippen LogP contribution in [0.4, 0.5) is 4.39 Å². The van der Waals surface area contributed by atoms with Gasteiger partial charge in [0.05, 0.1) is 6.20 Å². The van der Waals surface area contributed by atoms with Crippen molar-refractivity contribution in [3.05, 3.63) is 65.2 Å². The molecule has 0 aliphatic carbocycles. The third-order valence-corrected chi connectivity index (χ3v) is 4.27. The van der Waals surface area contributed by atoms with E-state index in [1.54, 1.807) is 12.3 Å². The second-order valence-electron chi connectivity index (χ2n) is 5.80. The van der Waals surface area contributed by atoms with E-state index in [1.807, 2.05) is 0 Å². The highest BCUT2D eigenvalue weighted by atomic mass is 19.1. The van der Waals surface area contributed by atoms with Crippen LogP contribution in [-0.2, 0) is 13.0 Å². The van der Waals surface area contributed by atoms with Gasteiger partial charge in [-0.05, 0) is 29.2 Å². The molecule has 2 aromatic rings. The zero-order valence-corrected chi connectivity index (χ0v) is 12.9. The van der Waals surface area contributed by atoms with Gasteiger partial charge >= 0.3 is 0 Å². The van der Waals surface area contributed by atoms with Crippen molar-refractivity contribution in [1.29, 1.82) is 0 Å². The molecule has 1 fully saturated rings. The minimum atomic E-state index is -0.267. The SMILES string of the molecule is CCc1ccc(C2CNCCN2Cc2cncc(F)c2)cc1. The van der Waals surface area contributed by atoms with E-state index in [4.69, 9.17) is 0 Å². The Kier molecular flexibility index (Phi) is 4.80. The summed E-state index contributed by atoms with van der Waals surface area (Å²) in [4.78, 5) is 6.35. The summed E-state index contributed by atoms with van der Waals surface area (Å²) in [7, 11) is 0. The van der Waals surface area contributed by atoms with Crippen LogP contribution < -0.4 is 5.32 Å². The number of rotatable bonds is 4. The Balaban J connectivity index is 1.78. The number of halogens is 1. The first-order valence-electron chi connectivity index (χ1n) is 7.89. The van der Waals surface area contributed by atoms with Crippen molar-refractivity contribution in [3.63, 3.8) is 0 Å². The van der Waals surface area contributed by atoms with Crippen molar-refractivity contribution in [2.45, 2.75) is 25.9 Å². The molecule has 1 unspecified atom stereocenters. The Morgan fingerprint density at radius 3 is 2.77 bits per heavy atom. The van der Waals surface area contributed by atoms with E-state index in [0.717, 1.165) is 38.2 Å². The molecule has 0 bridgehead atoms. The van der Waals surface area contributed by atoms with Crippen molar-refractivity contribution >= 4 is 0 Å². The lowest BCUT2D eigenvalue weighted by Crippen LogP contribution is -2.45. The van der Waals surface area contributed by atoms with E-state index in [9.17, 15) is 4.39 Å². The summed E-state index contributed by atoms with van der Waals surface area (Å²) in [6.45, 7) is 5.74. The number of piperazine rings is 1. The third-order valence-electron chi connectivity index (χ3n) is 4.27. The van der Waals surface area contributed by atoms with Gasteiger partial charge in [0.15, 0.2) is 0 Å². The zero-order valence-electron chi connectivity index (χ0n) is 12.9. The zero-order chi connectivity index (χ0) is 15.4. The summed E-state index contributed by atoms with van der Waals surface area (Å²) in [5, 5.41) is 3.46. The van der Waals surface area contributed by atoms with E-state index < -0.39 is 0 Å². The predicted molar refractivity (Wildman–Crippen MR) is 86.0 cm³/mol. The fraction of sp³-hybridized carbons (Fsp3) is 0.389. The molecule has 1 atom stereocenters. The first-order valence-corrected chi connectivity index (χ1v) is 7.89. The molecule has 22 heavy (non-hydrogen) atoms. The number of hydrogen-bond donors (Lipinski definition) is 1. The lowest BCUT2D eigenvalue weighted by Gasteiger charge is -2.36. The Morgan fingerprint density at radius 1 is 1.23 bits per heavy atom. The van der Waals surface area contributed by atoms with Gasteiger partial charge in [0, 0.05) is 38.4 Å². The van der Waals surface area contributed by atoms with Gasteiger partial charge in [-0.15, -0.1) is 0 Å². The van der Waals surface area contributed by atoms with Gasteiger partial charge in [-0.2, -0.15) is 0 Å². The highest BCUT2D eigenvalue weighted by molar-refractivity contribution is 5.26. The molecular formula is C18H22FN3. The Labute approximate surface area is 131 Å². The second-order valence-corrected chi connectivity index (χ2v) is 5.80. The molecule has 4 heteroatoms. The highest BCUT2D eigenvalue weighted by Gasteiger charge is 2.23. The van der Waals surface area contributed by atoms with E-state index >= 15 is 0 Å². The quantitative estimate of drug-likeness (QED) is 0.941. The maximum absolute atomic E-state index is 13.3. The number of benzene rings is 1. The van der Waals surface area contributed by atoms with Gasteiger partial charge in [-0.3, -0.25) is 9.88 Å². The van der Waals surface area contributed by atoms with Crippen LogP contribution in [0.25, 0.3) is 0 Å². The van der Waals surface area contributed by atoms with Crippen LogP contribution in [-0.4, -0.2) is 29.5 Å². The van der Waals surface area contributed by atoms with Gasteiger partial charge < -0.3 is 5.32 Å². The first kappa shape index (κ1) is 15.1. The van der Waals surface area contributed by atoms with Crippen LogP contribution in [0, 0.1) is 5.82 Å². The van der Waals surface area contributed by atoms with Gasteiger partial charge in [-0.1, -0.05) is 31.2 Å². The minimum Gasteiger partial charge on any atom is -0.314 e. The molecule has 0 radical (unpaired) electrons. The molecular weight excluding hydrogens is 277 g/mol. The Hall–Kier alpha value is -1.78. The van der Waals surface area contributed by atoms with Gasteiger partial charge in [0.1, 0.15) is 5.82 Å². The number of hydrogen-bond acceptors (Lipinski definition) is 3. The summed E-state index contributed by atoms with van der Waals surface area (Å²) in [6.07, 6.45) is 4.06. The van der Waals surface area contributed by atoms with Crippen LogP contribution in [0.5, 0.6) is 0 Å². The summed E-state index contributed by atoms with van der Waals surface area (Å²) in [5.74, 6) is -0.267. The van der Waals surface area contributed by atoms with Crippen molar-refractivity contribution in [2.24, 2.45) is 0 Å². The molecule has 1 aliphatic rings. The van der Waals surface area contributed by atoms with Crippen molar-refractivity contribution < 1.29 is 4.39 Å². The largest absolute Gasteiger partial charge is 0.314 e. The molecule has 0 amide bonds. The van der Waals surface area contributed by atoms with Crippen molar-refractivity contribution in [2.75, 3.05) is 19.6 Å². The van der Waals surface area contributed by atoms with Gasteiger partial charge in [-0.25, -0.2) is 4.39 Å². The monoisotopic (exact) mass is 299 g/mol. The summed E-state index contributed by atoms with van der Waals surface area (Å²) < 4.78 is 13.3. The molecule has 1 aromatic heterocycles. The highest BCUT2D eigenvalue weighted by Crippen LogP contribution is 2.24. The molecule has 1 aromatic carbocycles. The number of nitrogens with one attached hydrogen (secondary N) is 1. The first-order chi connectivity index (χ1) is 10.8. The molecule has 116 valence electrons. The maximum Gasteiger partial charge on any atom is 0.141 e. The molecule has 0 spiro atoms. The molecule has 1 N–H and O–H groups in total. The number of pyridine rings is 1. The Bertz CT molecular complexity index is 612. The van der Waals surface area contributed by atoms with Crippen LogP contribution in [0.2, 0.25) is 0 Å². The lowest BCUT2D eigenvalue weighted by molar-refractivity contribution is 0.153. The molecule has 1 aliphatic heterocycles. The van der Waals surface area contributed by atoms with Crippen molar-refractivity contribution in [3.8, 4) is 0 Å². The molecule has 0 saturated carbocycles. The third kappa shape index (κ3) is 3.51. The number of aryl methyl sites for hydroxylation is 1. The van der Waals surface area contributed by atoms with Crippen LogP contribution in [0.15, 0.2) is 42.7 Å². The normalized spacial score (nSPS) is 19.3. The molecule has 3 rings (SSSR count). The minimum absolute atomic E-state index is 0.267. The van der Waals surface area contributed by atoms with E-state index in [1.165, 1.54) is 17.3 Å². The van der Waals surface area contributed by atoms with E-state index in [0.29, 0.717) is 6.04 Å². The second kappa shape index (κ2) is 6.99. The van der Waals surface area contributed by atoms with Crippen molar-refractivity contribution in [1.82, 2.24) is 15.2 Å². The predicted octanol–water partition coefficient (Wildman–Crippen LogP) is 2.93. The van der Waals surface area contributed by atoms with Gasteiger partial charge in [0.2, 0.25) is 0 Å². The average molecular weight is 299 g/mol. The molecule has 1 saturated heterocycles. The van der Waals surface area contributed by atoms with E-state index in [2.05, 4.69) is 46.4 Å². The maximum atomic E-state index is 13.3. The molecule has 3 nitrogen and oxygen atoms in total. The number of aromatic nitrogens is 1. The lowest BCUT2D eigenvalue weighted by atomic mass is 10.0. The van der Waals surface area contributed by atoms with Crippen LogP contribution in [0.1, 0.15) is 29.7 Å². The standard InChI is InChI=1S/C18H22FN3/c1-2-14-3-5-16(6-4-14)18-12-20-7-8-22(18)13-15-9-17(19)11-21-10-15/h3-6,9-11,18,20H,2,7-8,12-13H2,1H3. The van der Waals surface area contributed by atoms with Crippen LogP contribution >= 0.6 is 0 Å². The number of nitrogens with zero attached hydrogens (tertiary/aromatic N) is 2. The summed E-state index contributed by atoms with van der Waals surface area (Å²) in [5.41, 5.74) is 3.60.